The first-order chi connectivity index (χ1) is 4.25. The van der Waals surface area contributed by atoms with Crippen molar-refractivity contribution in [3.63, 3.8) is 0 Å². The molecule has 0 aliphatic carbocycles. The van der Waals surface area contributed by atoms with Gasteiger partial charge >= 0.3 is 0 Å². The van der Waals surface area contributed by atoms with Crippen molar-refractivity contribution in [1.29, 1.82) is 0 Å². The average Bonchev–Trinajstić information content (AvgIpc) is 2.15. The molecule has 1 heterocycles. The maximum Gasteiger partial charge on any atom is 0.142 e. The Hall–Kier alpha value is -0.0551. The molecule has 3 atom stereocenters. The predicted octanol–water partition coefficient (Wildman–Crippen LogP) is -1.65. The summed E-state index contributed by atoms with van der Waals surface area (Å²) < 4.78 is 10.0. The molecule has 1 saturated heterocycles. The number of aliphatic hydroxyl groups excluding tert-OH is 1. The summed E-state index contributed by atoms with van der Waals surface area (Å²) in [6.45, 7) is 0.513. The van der Waals surface area contributed by atoms with E-state index in [1.54, 1.807) is 7.11 Å². The van der Waals surface area contributed by atoms with Crippen LogP contribution in [0, 0.1) is 0 Å². The van der Waals surface area contributed by atoms with E-state index in [1.807, 2.05) is 7.85 Å². The Morgan fingerprint density at radius 2 is 2.44 bits per heavy atom. The van der Waals surface area contributed by atoms with Gasteiger partial charge in [-0.15, -0.1) is 0 Å². The highest BCUT2D eigenvalue weighted by molar-refractivity contribution is 6.11. The van der Waals surface area contributed by atoms with Crippen LogP contribution in [-0.2, 0) is 9.47 Å². The zero-order valence-corrected chi connectivity index (χ0v) is 5.70. The smallest absolute Gasteiger partial charge is 0.142 e. The van der Waals surface area contributed by atoms with Crippen molar-refractivity contribution in [3.05, 3.63) is 0 Å². The number of aliphatic hydroxyl groups is 1. The highest BCUT2D eigenvalue weighted by atomic mass is 16.6. The molecule has 0 aromatic carbocycles. The van der Waals surface area contributed by atoms with Crippen molar-refractivity contribution < 1.29 is 14.6 Å². The second-order valence-corrected chi connectivity index (χ2v) is 2.30. The van der Waals surface area contributed by atoms with E-state index in [0.717, 1.165) is 0 Å². The summed E-state index contributed by atoms with van der Waals surface area (Å²) in [5.74, 6) is 0. The standard InChI is InChI=1S/C5H11BO3/c1-8-3-2-9-5(6)4(3)7/h3-5,7H,2,6H2,1H3/t3-,4+,5+/m0/s1. The molecular weight excluding hydrogens is 119 g/mol. The van der Waals surface area contributed by atoms with Crippen LogP contribution in [0.25, 0.3) is 0 Å². The number of methoxy groups -OCH3 is 1. The molecule has 0 bridgehead atoms. The van der Waals surface area contributed by atoms with Crippen LogP contribution in [-0.4, -0.2) is 44.9 Å². The molecule has 3 nitrogen and oxygen atoms in total. The van der Waals surface area contributed by atoms with Crippen LogP contribution in [0.2, 0.25) is 0 Å². The molecule has 0 spiro atoms. The van der Waals surface area contributed by atoms with Gasteiger partial charge in [-0.3, -0.25) is 0 Å². The number of ether oxygens (including phenoxy) is 2. The molecule has 0 saturated carbocycles. The number of hydrogen-bond acceptors (Lipinski definition) is 3. The van der Waals surface area contributed by atoms with Gasteiger partial charge in [0.2, 0.25) is 0 Å². The Bertz CT molecular complexity index is 98.2. The van der Waals surface area contributed by atoms with Crippen molar-refractivity contribution in [2.45, 2.75) is 18.2 Å². The molecule has 9 heavy (non-hydrogen) atoms. The van der Waals surface area contributed by atoms with Gasteiger partial charge in [0.05, 0.1) is 12.6 Å². The molecule has 0 aromatic rings. The van der Waals surface area contributed by atoms with Crippen LogP contribution in [0.1, 0.15) is 0 Å². The summed E-state index contributed by atoms with van der Waals surface area (Å²) >= 11 is 0. The molecule has 1 fully saturated rings. The molecule has 52 valence electrons. The van der Waals surface area contributed by atoms with E-state index in [0.29, 0.717) is 6.61 Å². The number of hydrogen-bond donors (Lipinski definition) is 1. The molecule has 0 aromatic heterocycles. The molecule has 4 heteroatoms. The van der Waals surface area contributed by atoms with Crippen molar-refractivity contribution in [1.82, 2.24) is 0 Å². The molecule has 0 amide bonds. The molecule has 1 aliphatic rings. The Balaban J connectivity index is 2.41. The summed E-state index contributed by atoms with van der Waals surface area (Å²) in [6.07, 6.45) is -0.574. The zero-order valence-electron chi connectivity index (χ0n) is 5.70. The van der Waals surface area contributed by atoms with E-state index in [-0.39, 0.29) is 12.1 Å². The van der Waals surface area contributed by atoms with Gasteiger partial charge in [-0.25, -0.2) is 0 Å². The van der Waals surface area contributed by atoms with Crippen LogP contribution < -0.4 is 0 Å². The van der Waals surface area contributed by atoms with Crippen LogP contribution in [0.5, 0.6) is 0 Å². The predicted molar refractivity (Wildman–Crippen MR) is 35.1 cm³/mol. The van der Waals surface area contributed by atoms with Gasteiger partial charge in [-0.1, -0.05) is 0 Å². The van der Waals surface area contributed by atoms with Crippen LogP contribution >= 0.6 is 0 Å². The summed E-state index contributed by atoms with van der Waals surface area (Å²) in [5.41, 5.74) is 0. The Labute approximate surface area is 55.4 Å². The first kappa shape index (κ1) is 7.06. The monoisotopic (exact) mass is 130 g/mol. The van der Waals surface area contributed by atoms with E-state index in [2.05, 4.69) is 0 Å². The molecule has 0 unspecified atom stereocenters. The summed E-state index contributed by atoms with van der Waals surface area (Å²) in [5, 5.41) is 9.21. The SMILES string of the molecule is B[C@@H]1OC[C@H](OC)[C@H]1O. The van der Waals surface area contributed by atoms with Gasteiger partial charge in [-0.2, -0.15) is 0 Å². The summed E-state index contributed by atoms with van der Waals surface area (Å²) in [4.78, 5) is 0. The van der Waals surface area contributed by atoms with Crippen LogP contribution in [0.15, 0.2) is 0 Å². The minimum absolute atomic E-state index is 0.0741. The average molecular weight is 130 g/mol. The van der Waals surface area contributed by atoms with Crippen molar-refractivity contribution in [2.75, 3.05) is 13.7 Å². The first-order valence-corrected chi connectivity index (χ1v) is 3.08. The minimum atomic E-state index is -0.449. The van der Waals surface area contributed by atoms with Gasteiger partial charge in [0.15, 0.2) is 0 Å². The fourth-order valence-corrected chi connectivity index (χ4v) is 0.954. The van der Waals surface area contributed by atoms with Gasteiger partial charge in [0.25, 0.3) is 0 Å². The van der Waals surface area contributed by atoms with Crippen molar-refractivity contribution in [2.24, 2.45) is 0 Å². The van der Waals surface area contributed by atoms with Gasteiger partial charge in [0.1, 0.15) is 20.1 Å². The van der Waals surface area contributed by atoms with Gasteiger partial charge in [-0.05, 0) is 0 Å². The number of rotatable bonds is 1. The van der Waals surface area contributed by atoms with Crippen LogP contribution in [0.3, 0.4) is 0 Å². The lowest BCUT2D eigenvalue weighted by Crippen LogP contribution is -2.31. The third-order valence-electron chi connectivity index (χ3n) is 1.69. The Morgan fingerprint density at radius 1 is 1.78 bits per heavy atom. The van der Waals surface area contributed by atoms with E-state index >= 15 is 0 Å². The maximum atomic E-state index is 9.21. The lowest BCUT2D eigenvalue weighted by molar-refractivity contribution is 0.0177. The lowest BCUT2D eigenvalue weighted by atomic mass is 9.94. The quantitative estimate of drug-likeness (QED) is 0.432. The molecule has 1 aliphatic heterocycles. The first-order valence-electron chi connectivity index (χ1n) is 3.08. The van der Waals surface area contributed by atoms with Gasteiger partial charge < -0.3 is 14.6 Å². The third-order valence-corrected chi connectivity index (χ3v) is 1.69. The second kappa shape index (κ2) is 2.69. The fraction of sp³-hybridized carbons (Fsp3) is 1.00. The maximum absolute atomic E-state index is 9.21. The topological polar surface area (TPSA) is 38.7 Å². The van der Waals surface area contributed by atoms with Crippen LogP contribution in [0.4, 0.5) is 0 Å². The third kappa shape index (κ3) is 1.26. The zero-order chi connectivity index (χ0) is 6.85. The Kier molecular flexibility index (Phi) is 2.11. The molecule has 1 rings (SSSR count). The molecule has 0 radical (unpaired) electrons. The summed E-state index contributed by atoms with van der Waals surface area (Å²) in [7, 11) is 3.42. The van der Waals surface area contributed by atoms with Crippen molar-refractivity contribution >= 4 is 7.85 Å². The lowest BCUT2D eigenvalue weighted by Gasteiger charge is -2.11. The minimum Gasteiger partial charge on any atom is -0.388 e. The second-order valence-electron chi connectivity index (χ2n) is 2.30. The molecule has 1 N–H and O–H groups in total. The highest BCUT2D eigenvalue weighted by Crippen LogP contribution is 2.13. The largest absolute Gasteiger partial charge is 0.388 e. The summed E-state index contributed by atoms with van der Waals surface area (Å²) in [6, 6.07) is -0.0741. The van der Waals surface area contributed by atoms with Crippen molar-refractivity contribution in [3.8, 4) is 0 Å². The highest BCUT2D eigenvalue weighted by Gasteiger charge is 2.32. The van der Waals surface area contributed by atoms with E-state index in [4.69, 9.17) is 9.47 Å². The fourth-order valence-electron chi connectivity index (χ4n) is 0.954. The van der Waals surface area contributed by atoms with E-state index in [1.165, 1.54) is 0 Å². The van der Waals surface area contributed by atoms with Gasteiger partial charge in [0, 0.05) is 7.11 Å². The molecular formula is C5H11BO3. The Morgan fingerprint density at radius 3 is 2.67 bits per heavy atom. The van der Waals surface area contributed by atoms with E-state index in [9.17, 15) is 5.11 Å². The normalized spacial score (nSPS) is 43.6. The van der Waals surface area contributed by atoms with E-state index < -0.39 is 6.10 Å².